The van der Waals surface area contributed by atoms with Crippen molar-refractivity contribution in [2.24, 2.45) is 0 Å². The molecule has 1 aromatic rings. The Morgan fingerprint density at radius 2 is 2.27 bits per heavy atom. The topological polar surface area (TPSA) is 74.4 Å². The van der Waals surface area contributed by atoms with E-state index in [9.17, 15) is 4.79 Å². The molecule has 0 aliphatic carbocycles. The van der Waals surface area contributed by atoms with E-state index in [1.807, 2.05) is 0 Å². The Morgan fingerprint density at radius 3 is 2.87 bits per heavy atom. The first-order chi connectivity index (χ1) is 7.24. The van der Waals surface area contributed by atoms with Crippen LogP contribution in [0, 0.1) is 0 Å². The molecule has 1 heterocycles. The molecule has 0 fully saturated rings. The summed E-state index contributed by atoms with van der Waals surface area (Å²) < 4.78 is 9.80. The number of carbonyl (C=O) groups excluding carboxylic acids is 1. The average Bonchev–Trinajstić information content (AvgIpc) is 2.25. The number of hydrogen-bond donors (Lipinski definition) is 1. The van der Waals surface area contributed by atoms with E-state index in [4.69, 9.17) is 15.2 Å². The van der Waals surface area contributed by atoms with Crippen LogP contribution in [-0.2, 0) is 9.47 Å². The maximum Gasteiger partial charge on any atom is 0.339 e. The average molecular weight is 210 g/mol. The van der Waals surface area contributed by atoms with Gasteiger partial charge >= 0.3 is 5.97 Å². The minimum Gasteiger partial charge on any atom is -0.462 e. The van der Waals surface area contributed by atoms with Gasteiger partial charge in [-0.15, -0.1) is 0 Å². The van der Waals surface area contributed by atoms with Crippen LogP contribution in [0.1, 0.15) is 16.8 Å². The first-order valence-corrected chi connectivity index (χ1v) is 4.61. The van der Waals surface area contributed by atoms with E-state index in [1.54, 1.807) is 19.2 Å². The third-order valence-electron chi connectivity index (χ3n) is 1.75. The molecule has 0 amide bonds. The molecule has 0 aliphatic rings. The molecule has 0 aromatic carbocycles. The van der Waals surface area contributed by atoms with Gasteiger partial charge in [0.1, 0.15) is 5.82 Å². The van der Waals surface area contributed by atoms with Crippen LogP contribution in [0.3, 0.4) is 0 Å². The number of pyridine rings is 1. The molecule has 2 N–H and O–H groups in total. The minimum atomic E-state index is -0.390. The Labute approximate surface area is 88.2 Å². The van der Waals surface area contributed by atoms with Crippen molar-refractivity contribution in [2.45, 2.75) is 6.42 Å². The number of carbonyl (C=O) groups is 1. The molecule has 15 heavy (non-hydrogen) atoms. The van der Waals surface area contributed by atoms with Gasteiger partial charge in [0, 0.05) is 26.3 Å². The zero-order chi connectivity index (χ0) is 11.1. The van der Waals surface area contributed by atoms with Gasteiger partial charge in [0.2, 0.25) is 0 Å². The second-order valence-corrected chi connectivity index (χ2v) is 2.95. The fourth-order valence-electron chi connectivity index (χ4n) is 0.978. The normalized spacial score (nSPS) is 9.93. The second kappa shape index (κ2) is 5.98. The lowest BCUT2D eigenvalue weighted by atomic mass is 10.3. The number of anilines is 1. The molecule has 0 bridgehead atoms. The van der Waals surface area contributed by atoms with Crippen molar-refractivity contribution in [3.8, 4) is 0 Å². The number of nitrogen functional groups attached to an aromatic ring is 1. The van der Waals surface area contributed by atoms with Crippen LogP contribution in [-0.4, -0.2) is 31.3 Å². The summed E-state index contributed by atoms with van der Waals surface area (Å²) in [5, 5.41) is 0. The highest BCUT2D eigenvalue weighted by molar-refractivity contribution is 5.89. The highest BCUT2D eigenvalue weighted by Crippen LogP contribution is 2.03. The van der Waals surface area contributed by atoms with E-state index in [2.05, 4.69) is 4.98 Å². The lowest BCUT2D eigenvalue weighted by Crippen LogP contribution is -2.08. The molecule has 0 saturated heterocycles. The summed E-state index contributed by atoms with van der Waals surface area (Å²) in [6, 6.07) is 3.15. The van der Waals surface area contributed by atoms with E-state index < -0.39 is 5.97 Å². The fourth-order valence-corrected chi connectivity index (χ4v) is 0.978. The monoisotopic (exact) mass is 210 g/mol. The summed E-state index contributed by atoms with van der Waals surface area (Å²) in [6.07, 6.45) is 2.08. The number of hydrogen-bond acceptors (Lipinski definition) is 5. The van der Waals surface area contributed by atoms with Crippen molar-refractivity contribution in [3.05, 3.63) is 23.9 Å². The SMILES string of the molecule is COCCCOC(=O)c1ccc(N)nc1. The zero-order valence-electron chi connectivity index (χ0n) is 8.60. The van der Waals surface area contributed by atoms with E-state index >= 15 is 0 Å². The van der Waals surface area contributed by atoms with Gasteiger partial charge in [-0.25, -0.2) is 9.78 Å². The summed E-state index contributed by atoms with van der Waals surface area (Å²) >= 11 is 0. The Hall–Kier alpha value is -1.62. The van der Waals surface area contributed by atoms with Gasteiger partial charge in [0.15, 0.2) is 0 Å². The van der Waals surface area contributed by atoms with Crippen LogP contribution < -0.4 is 5.73 Å². The number of ether oxygens (including phenoxy) is 2. The molecule has 0 saturated carbocycles. The van der Waals surface area contributed by atoms with Crippen LogP contribution in [0.15, 0.2) is 18.3 Å². The molecule has 5 nitrogen and oxygen atoms in total. The Kier molecular flexibility index (Phi) is 4.56. The third kappa shape index (κ3) is 3.95. The van der Waals surface area contributed by atoms with E-state index in [1.165, 1.54) is 6.20 Å². The summed E-state index contributed by atoms with van der Waals surface area (Å²) in [5.74, 6) is -0.00969. The Morgan fingerprint density at radius 1 is 1.47 bits per heavy atom. The zero-order valence-corrected chi connectivity index (χ0v) is 8.60. The number of esters is 1. The van der Waals surface area contributed by atoms with Gasteiger partial charge in [-0.1, -0.05) is 0 Å². The van der Waals surface area contributed by atoms with Gasteiger partial charge in [-0.3, -0.25) is 0 Å². The van der Waals surface area contributed by atoms with Crippen molar-refractivity contribution < 1.29 is 14.3 Å². The van der Waals surface area contributed by atoms with Crippen LogP contribution in [0.2, 0.25) is 0 Å². The Balaban J connectivity index is 2.37. The van der Waals surface area contributed by atoms with Gasteiger partial charge in [0.25, 0.3) is 0 Å². The van der Waals surface area contributed by atoms with Crippen LogP contribution >= 0.6 is 0 Å². The molecule has 82 valence electrons. The molecule has 0 aliphatic heterocycles. The largest absolute Gasteiger partial charge is 0.462 e. The smallest absolute Gasteiger partial charge is 0.339 e. The predicted molar refractivity (Wildman–Crippen MR) is 55.4 cm³/mol. The Bertz CT molecular complexity index is 311. The van der Waals surface area contributed by atoms with Gasteiger partial charge < -0.3 is 15.2 Å². The molecule has 0 spiro atoms. The highest BCUT2D eigenvalue weighted by Gasteiger charge is 2.06. The molecular weight excluding hydrogens is 196 g/mol. The number of methoxy groups -OCH3 is 1. The molecule has 0 unspecified atom stereocenters. The van der Waals surface area contributed by atoms with Crippen molar-refractivity contribution in [1.82, 2.24) is 4.98 Å². The minimum absolute atomic E-state index is 0.344. The van der Waals surface area contributed by atoms with E-state index in [-0.39, 0.29) is 0 Å². The van der Waals surface area contributed by atoms with Gasteiger partial charge in [-0.2, -0.15) is 0 Å². The first kappa shape index (κ1) is 11.5. The number of nitrogens with two attached hydrogens (primary N) is 1. The van der Waals surface area contributed by atoms with E-state index in [0.29, 0.717) is 31.0 Å². The van der Waals surface area contributed by atoms with Crippen LogP contribution in [0.4, 0.5) is 5.82 Å². The van der Waals surface area contributed by atoms with Crippen molar-refractivity contribution in [2.75, 3.05) is 26.1 Å². The second-order valence-electron chi connectivity index (χ2n) is 2.95. The molecule has 1 aromatic heterocycles. The number of rotatable bonds is 5. The summed E-state index contributed by atoms with van der Waals surface area (Å²) in [4.78, 5) is 15.2. The summed E-state index contributed by atoms with van der Waals surface area (Å²) in [7, 11) is 1.60. The molecule has 5 heteroatoms. The lowest BCUT2D eigenvalue weighted by Gasteiger charge is -2.03. The fraction of sp³-hybridized carbons (Fsp3) is 0.400. The maximum absolute atomic E-state index is 11.4. The van der Waals surface area contributed by atoms with Crippen LogP contribution in [0.25, 0.3) is 0 Å². The van der Waals surface area contributed by atoms with E-state index in [0.717, 1.165) is 0 Å². The maximum atomic E-state index is 11.4. The quantitative estimate of drug-likeness (QED) is 0.576. The predicted octanol–water partition coefficient (Wildman–Crippen LogP) is 0.857. The number of nitrogens with zero attached hydrogens (tertiary/aromatic N) is 1. The van der Waals surface area contributed by atoms with Crippen molar-refractivity contribution in [3.63, 3.8) is 0 Å². The molecule has 0 atom stereocenters. The van der Waals surface area contributed by atoms with Crippen molar-refractivity contribution >= 4 is 11.8 Å². The standard InChI is InChI=1S/C10H14N2O3/c1-14-5-2-6-15-10(13)8-3-4-9(11)12-7-8/h3-4,7H,2,5-6H2,1H3,(H2,11,12). The first-order valence-electron chi connectivity index (χ1n) is 4.61. The van der Waals surface area contributed by atoms with Gasteiger partial charge in [0.05, 0.1) is 12.2 Å². The van der Waals surface area contributed by atoms with Gasteiger partial charge in [-0.05, 0) is 12.1 Å². The third-order valence-corrected chi connectivity index (χ3v) is 1.75. The number of aromatic nitrogens is 1. The molecule has 0 radical (unpaired) electrons. The molecular formula is C10H14N2O3. The lowest BCUT2D eigenvalue weighted by molar-refractivity contribution is 0.0468. The summed E-state index contributed by atoms with van der Waals surface area (Å²) in [5.41, 5.74) is 5.79. The van der Waals surface area contributed by atoms with Crippen LogP contribution in [0.5, 0.6) is 0 Å². The summed E-state index contributed by atoms with van der Waals surface area (Å²) in [6.45, 7) is 0.921. The highest BCUT2D eigenvalue weighted by atomic mass is 16.5. The van der Waals surface area contributed by atoms with Crippen molar-refractivity contribution in [1.29, 1.82) is 0 Å². The molecule has 1 rings (SSSR count).